The Bertz CT molecular complexity index is 1110. The van der Waals surface area contributed by atoms with Crippen LogP contribution in [0.2, 0.25) is 25.7 Å². The first kappa shape index (κ1) is 27.5. The molecule has 0 aliphatic carbocycles. The van der Waals surface area contributed by atoms with Crippen LogP contribution in [0.1, 0.15) is 35.5 Å². The monoisotopic (exact) mass is 520 g/mol. The molecule has 35 heavy (non-hydrogen) atoms. The van der Waals surface area contributed by atoms with Crippen molar-refractivity contribution < 1.29 is 33.3 Å². The van der Waals surface area contributed by atoms with Crippen LogP contribution < -0.4 is 14.0 Å². The number of rotatable bonds is 11. The SMILES string of the molecule is COc1c(C)c2c(c(OCC[Si](C)(C)C)c1C/C=C(\C)CP(=O)(O)Oc1ccccc1)C(O)OC2. The molecular formula is C26H37O7PSi. The van der Waals surface area contributed by atoms with Gasteiger partial charge in [0.1, 0.15) is 17.2 Å². The van der Waals surface area contributed by atoms with Crippen LogP contribution >= 0.6 is 7.60 Å². The van der Waals surface area contributed by atoms with E-state index in [0.29, 0.717) is 48.0 Å². The first-order valence-electron chi connectivity index (χ1n) is 11.8. The normalized spacial score (nSPS) is 17.6. The third-order valence-electron chi connectivity index (χ3n) is 5.94. The lowest BCUT2D eigenvalue weighted by atomic mass is 9.94. The van der Waals surface area contributed by atoms with E-state index in [-0.39, 0.29) is 6.16 Å². The number of hydrogen-bond acceptors (Lipinski definition) is 6. The molecule has 0 saturated heterocycles. The molecule has 0 saturated carbocycles. The van der Waals surface area contributed by atoms with Gasteiger partial charge in [-0.3, -0.25) is 0 Å². The Morgan fingerprint density at radius 3 is 2.54 bits per heavy atom. The van der Waals surface area contributed by atoms with Crippen molar-refractivity contribution in [2.24, 2.45) is 0 Å². The minimum atomic E-state index is -3.88. The number of fused-ring (bicyclic) bond motifs is 1. The molecule has 9 heteroatoms. The number of ether oxygens (including phenoxy) is 3. The summed E-state index contributed by atoms with van der Waals surface area (Å²) in [4.78, 5) is 10.4. The molecule has 3 rings (SSSR count). The molecule has 2 atom stereocenters. The molecule has 192 valence electrons. The summed E-state index contributed by atoms with van der Waals surface area (Å²) in [7, 11) is -3.60. The number of para-hydroxylation sites is 1. The van der Waals surface area contributed by atoms with Gasteiger partial charge in [-0.2, -0.15) is 0 Å². The smallest absolute Gasteiger partial charge is 0.380 e. The van der Waals surface area contributed by atoms with Gasteiger partial charge in [-0.25, -0.2) is 4.57 Å². The maximum Gasteiger partial charge on any atom is 0.380 e. The van der Waals surface area contributed by atoms with E-state index in [4.69, 9.17) is 18.7 Å². The molecule has 0 fully saturated rings. The zero-order valence-corrected chi connectivity index (χ0v) is 23.4. The lowest BCUT2D eigenvalue weighted by Crippen LogP contribution is -2.23. The molecule has 0 aromatic heterocycles. The molecule has 2 unspecified atom stereocenters. The van der Waals surface area contributed by atoms with Crippen LogP contribution in [0, 0.1) is 6.92 Å². The van der Waals surface area contributed by atoms with E-state index in [1.54, 1.807) is 38.3 Å². The Labute approximate surface area is 209 Å². The summed E-state index contributed by atoms with van der Waals surface area (Å²) in [5, 5.41) is 10.6. The third-order valence-corrected chi connectivity index (χ3v) is 9.04. The molecule has 2 aromatic carbocycles. The second-order valence-electron chi connectivity index (χ2n) is 10.1. The standard InChI is InChI=1S/C26H37O7PSi/c1-18(17-34(28,29)33-20-10-8-7-9-11-20)12-13-21-24(30-3)19(2)22-16-32-26(27)23(22)25(21)31-14-15-35(4,5)6/h7-12,26-27H,13-17H2,1-6H3,(H,28,29)/b18-12+. The molecule has 0 amide bonds. The molecule has 0 radical (unpaired) electrons. The lowest BCUT2D eigenvalue weighted by Gasteiger charge is -2.23. The van der Waals surface area contributed by atoms with Crippen molar-refractivity contribution in [2.75, 3.05) is 19.9 Å². The van der Waals surface area contributed by atoms with Gasteiger partial charge in [0.25, 0.3) is 0 Å². The number of hydrogen-bond donors (Lipinski definition) is 2. The van der Waals surface area contributed by atoms with E-state index in [1.165, 1.54) is 0 Å². The van der Waals surface area contributed by atoms with Gasteiger partial charge >= 0.3 is 7.60 Å². The van der Waals surface area contributed by atoms with Gasteiger partial charge in [0.2, 0.25) is 0 Å². The zero-order chi connectivity index (χ0) is 25.8. The van der Waals surface area contributed by atoms with Gasteiger partial charge in [0, 0.05) is 13.6 Å². The third kappa shape index (κ3) is 7.21. The van der Waals surface area contributed by atoms with E-state index in [1.807, 2.05) is 19.1 Å². The summed E-state index contributed by atoms with van der Waals surface area (Å²) in [6, 6.07) is 9.59. The molecule has 0 spiro atoms. The summed E-state index contributed by atoms with van der Waals surface area (Å²) >= 11 is 0. The van der Waals surface area contributed by atoms with Crippen molar-refractivity contribution in [1.29, 1.82) is 0 Å². The van der Waals surface area contributed by atoms with Gasteiger partial charge < -0.3 is 28.7 Å². The van der Waals surface area contributed by atoms with Crippen LogP contribution in [0.25, 0.3) is 0 Å². The topological polar surface area (TPSA) is 94.5 Å². The maximum atomic E-state index is 12.7. The second-order valence-corrected chi connectivity index (χ2v) is 17.5. The van der Waals surface area contributed by atoms with Crippen molar-refractivity contribution in [3.05, 3.63) is 64.2 Å². The molecule has 7 nitrogen and oxygen atoms in total. The van der Waals surface area contributed by atoms with Gasteiger partial charge in [0.15, 0.2) is 6.29 Å². The van der Waals surface area contributed by atoms with E-state index < -0.39 is 22.0 Å². The average Bonchev–Trinajstić information content (AvgIpc) is 3.15. The summed E-state index contributed by atoms with van der Waals surface area (Å²) in [5.41, 5.74) is 3.94. The fraction of sp³-hybridized carbons (Fsp3) is 0.462. The Morgan fingerprint density at radius 2 is 1.91 bits per heavy atom. The van der Waals surface area contributed by atoms with E-state index in [9.17, 15) is 14.6 Å². The van der Waals surface area contributed by atoms with Crippen molar-refractivity contribution in [3.8, 4) is 17.2 Å². The number of aliphatic hydroxyl groups is 1. The largest absolute Gasteiger partial charge is 0.496 e. The predicted octanol–water partition coefficient (Wildman–Crippen LogP) is 5.99. The average molecular weight is 521 g/mol. The lowest BCUT2D eigenvalue weighted by molar-refractivity contribution is -0.0927. The van der Waals surface area contributed by atoms with E-state index in [0.717, 1.165) is 22.7 Å². The molecule has 0 bridgehead atoms. The van der Waals surface area contributed by atoms with Crippen molar-refractivity contribution in [2.45, 2.75) is 58.9 Å². The highest BCUT2D eigenvalue weighted by molar-refractivity contribution is 7.53. The molecular weight excluding hydrogens is 483 g/mol. The highest BCUT2D eigenvalue weighted by atomic mass is 31.2. The Hall–Kier alpha value is -2.09. The Morgan fingerprint density at radius 1 is 1.23 bits per heavy atom. The predicted molar refractivity (Wildman–Crippen MR) is 140 cm³/mol. The molecule has 1 aliphatic heterocycles. The number of methoxy groups -OCH3 is 1. The molecule has 2 N–H and O–H groups in total. The summed E-state index contributed by atoms with van der Waals surface area (Å²) in [6.45, 7) is 11.4. The van der Waals surface area contributed by atoms with E-state index in [2.05, 4.69) is 19.6 Å². The number of aliphatic hydroxyl groups excluding tert-OH is 1. The molecule has 1 aliphatic rings. The molecule has 2 aromatic rings. The quantitative estimate of drug-likeness (QED) is 0.213. The van der Waals surface area contributed by atoms with Gasteiger partial charge in [0.05, 0.1) is 32.0 Å². The van der Waals surface area contributed by atoms with Gasteiger partial charge in [-0.05, 0) is 49.6 Å². The number of allylic oxidation sites excluding steroid dienone is 2. The van der Waals surface area contributed by atoms with Crippen molar-refractivity contribution >= 4 is 15.7 Å². The highest BCUT2D eigenvalue weighted by Crippen LogP contribution is 2.47. The summed E-state index contributed by atoms with van der Waals surface area (Å²) in [6.07, 6.45) is 1.13. The van der Waals surface area contributed by atoms with Gasteiger partial charge in [-0.15, -0.1) is 0 Å². The van der Waals surface area contributed by atoms with Crippen molar-refractivity contribution in [1.82, 2.24) is 0 Å². The summed E-state index contributed by atoms with van der Waals surface area (Å²) < 4.78 is 35.6. The Kier molecular flexibility index (Phi) is 8.89. The second kappa shape index (κ2) is 11.3. The minimum absolute atomic E-state index is 0.105. The first-order chi connectivity index (χ1) is 16.4. The van der Waals surface area contributed by atoms with Gasteiger partial charge in [-0.1, -0.05) is 49.5 Å². The van der Waals surface area contributed by atoms with Crippen LogP contribution in [0.5, 0.6) is 17.2 Å². The highest BCUT2D eigenvalue weighted by Gasteiger charge is 2.33. The van der Waals surface area contributed by atoms with Crippen LogP contribution in [0.4, 0.5) is 0 Å². The Balaban J connectivity index is 1.89. The number of benzene rings is 2. The van der Waals surface area contributed by atoms with Crippen LogP contribution in [-0.2, 0) is 22.3 Å². The summed E-state index contributed by atoms with van der Waals surface area (Å²) in [5.74, 6) is 1.62. The van der Waals surface area contributed by atoms with Crippen molar-refractivity contribution in [3.63, 3.8) is 0 Å². The zero-order valence-electron chi connectivity index (χ0n) is 21.5. The fourth-order valence-electron chi connectivity index (χ4n) is 4.08. The van der Waals surface area contributed by atoms with Crippen LogP contribution in [0.15, 0.2) is 42.0 Å². The fourth-order valence-corrected chi connectivity index (χ4v) is 6.07. The maximum absolute atomic E-state index is 12.7. The van der Waals surface area contributed by atoms with Crippen LogP contribution in [-0.4, -0.2) is 38.0 Å². The molecule has 1 heterocycles. The minimum Gasteiger partial charge on any atom is -0.496 e. The van der Waals surface area contributed by atoms with E-state index >= 15 is 0 Å². The van der Waals surface area contributed by atoms with Crippen LogP contribution in [0.3, 0.4) is 0 Å². The first-order valence-corrected chi connectivity index (χ1v) is 17.3.